The maximum atomic E-state index is 11.4. The predicted octanol–water partition coefficient (Wildman–Crippen LogP) is -0.0245. The summed E-state index contributed by atoms with van der Waals surface area (Å²) in [5, 5.41) is 9.25. The lowest BCUT2D eigenvalue weighted by atomic mass is 9.84. The van der Waals surface area contributed by atoms with E-state index in [2.05, 4.69) is 9.46 Å². The van der Waals surface area contributed by atoms with E-state index in [-0.39, 0.29) is 13.2 Å². The second kappa shape index (κ2) is 6.77. The normalized spacial score (nSPS) is 12.2. The van der Waals surface area contributed by atoms with E-state index in [0.29, 0.717) is 12.8 Å². The topological polar surface area (TPSA) is 105 Å². The minimum absolute atomic E-state index is 0.0584. The first-order valence-electron chi connectivity index (χ1n) is 5.31. The van der Waals surface area contributed by atoms with Gasteiger partial charge in [0.25, 0.3) is 0 Å². The Morgan fingerprint density at radius 3 is 2.24 bits per heavy atom. The van der Waals surface area contributed by atoms with Crippen molar-refractivity contribution in [2.45, 2.75) is 26.7 Å². The van der Waals surface area contributed by atoms with E-state index in [1.165, 1.54) is 0 Å². The van der Waals surface area contributed by atoms with Gasteiger partial charge in [0, 0.05) is 18.6 Å². The molecule has 7 nitrogen and oxygen atoms in total. The Balaban J connectivity index is 4.49. The number of methoxy groups -OCH3 is 1. The summed E-state index contributed by atoms with van der Waals surface area (Å²) in [6.07, 6.45) is 0.196. The number of carbonyl (C=O) groups is 1. The van der Waals surface area contributed by atoms with Crippen molar-refractivity contribution >= 4 is 16.3 Å². The predicted molar refractivity (Wildman–Crippen MR) is 62.6 cm³/mol. The van der Waals surface area contributed by atoms with Crippen LogP contribution in [0.2, 0.25) is 0 Å². The molecule has 0 aliphatic heterocycles. The SMILES string of the molecule is CCC(CC)(CO)CNS(=O)(=O)NC(=O)OC. The highest BCUT2D eigenvalue weighted by molar-refractivity contribution is 7.88. The van der Waals surface area contributed by atoms with E-state index in [1.54, 1.807) is 4.72 Å². The Bertz CT molecular complexity index is 329. The number of rotatable bonds is 7. The van der Waals surface area contributed by atoms with Crippen molar-refractivity contribution in [2.24, 2.45) is 5.41 Å². The molecule has 0 spiro atoms. The first kappa shape index (κ1) is 16.1. The molecule has 102 valence electrons. The molecule has 0 saturated heterocycles. The fourth-order valence-corrected chi connectivity index (χ4v) is 2.09. The fraction of sp³-hybridized carbons (Fsp3) is 0.889. The summed E-state index contributed by atoms with van der Waals surface area (Å²) < 4.78 is 30.8. The molecule has 17 heavy (non-hydrogen) atoms. The number of amides is 1. The van der Waals surface area contributed by atoms with Crippen LogP contribution in [-0.4, -0.2) is 39.9 Å². The number of hydrogen-bond acceptors (Lipinski definition) is 5. The summed E-state index contributed by atoms with van der Waals surface area (Å²) in [6, 6.07) is 0. The van der Waals surface area contributed by atoms with Crippen molar-refractivity contribution in [3.05, 3.63) is 0 Å². The summed E-state index contributed by atoms with van der Waals surface area (Å²) >= 11 is 0. The van der Waals surface area contributed by atoms with E-state index >= 15 is 0 Å². The summed E-state index contributed by atoms with van der Waals surface area (Å²) in [5.41, 5.74) is -0.509. The van der Waals surface area contributed by atoms with Gasteiger partial charge in [0.05, 0.1) is 7.11 Å². The van der Waals surface area contributed by atoms with Gasteiger partial charge in [-0.05, 0) is 12.8 Å². The van der Waals surface area contributed by atoms with Crippen LogP contribution in [0, 0.1) is 5.41 Å². The third kappa shape index (κ3) is 5.33. The van der Waals surface area contributed by atoms with Gasteiger partial charge >= 0.3 is 16.3 Å². The molecule has 0 unspecified atom stereocenters. The van der Waals surface area contributed by atoms with Crippen LogP contribution in [0.1, 0.15) is 26.7 Å². The molecule has 0 saturated carbocycles. The zero-order chi connectivity index (χ0) is 13.5. The number of nitrogens with one attached hydrogen (secondary N) is 2. The lowest BCUT2D eigenvalue weighted by Gasteiger charge is -2.29. The smallest absolute Gasteiger partial charge is 0.421 e. The molecule has 0 rings (SSSR count). The Morgan fingerprint density at radius 1 is 1.35 bits per heavy atom. The monoisotopic (exact) mass is 268 g/mol. The van der Waals surface area contributed by atoms with Gasteiger partial charge in [-0.3, -0.25) is 0 Å². The van der Waals surface area contributed by atoms with Crippen molar-refractivity contribution in [3.63, 3.8) is 0 Å². The van der Waals surface area contributed by atoms with Gasteiger partial charge in [0.15, 0.2) is 0 Å². The van der Waals surface area contributed by atoms with E-state index in [9.17, 15) is 18.3 Å². The highest BCUT2D eigenvalue weighted by Gasteiger charge is 2.27. The molecule has 0 aromatic rings. The molecular weight excluding hydrogens is 248 g/mol. The van der Waals surface area contributed by atoms with Crippen LogP contribution in [0.15, 0.2) is 0 Å². The van der Waals surface area contributed by atoms with Crippen LogP contribution >= 0.6 is 0 Å². The second-order valence-electron chi connectivity index (χ2n) is 3.78. The quantitative estimate of drug-likeness (QED) is 0.601. The highest BCUT2D eigenvalue weighted by atomic mass is 32.2. The molecule has 0 bridgehead atoms. The van der Waals surface area contributed by atoms with Crippen LogP contribution in [0.3, 0.4) is 0 Å². The lowest BCUT2D eigenvalue weighted by molar-refractivity contribution is 0.119. The average Bonchev–Trinajstić information content (AvgIpc) is 2.31. The average molecular weight is 268 g/mol. The summed E-state index contributed by atoms with van der Waals surface area (Å²) in [4.78, 5) is 10.8. The van der Waals surface area contributed by atoms with Crippen molar-refractivity contribution in [1.29, 1.82) is 0 Å². The first-order valence-corrected chi connectivity index (χ1v) is 6.79. The Kier molecular flexibility index (Phi) is 6.43. The van der Waals surface area contributed by atoms with Gasteiger partial charge < -0.3 is 9.84 Å². The van der Waals surface area contributed by atoms with Gasteiger partial charge in [0.2, 0.25) is 0 Å². The fourth-order valence-electron chi connectivity index (χ4n) is 1.22. The Hall–Kier alpha value is -0.860. The maximum absolute atomic E-state index is 11.4. The third-order valence-corrected chi connectivity index (χ3v) is 3.84. The van der Waals surface area contributed by atoms with Crippen LogP contribution in [-0.2, 0) is 14.9 Å². The molecule has 0 aromatic carbocycles. The number of aliphatic hydroxyl groups excluding tert-OH is 1. The molecule has 8 heteroatoms. The number of aliphatic hydroxyl groups is 1. The van der Waals surface area contributed by atoms with Crippen LogP contribution < -0.4 is 9.44 Å². The van der Waals surface area contributed by atoms with E-state index in [0.717, 1.165) is 7.11 Å². The standard InChI is InChI=1S/C9H20N2O5S/c1-4-9(5-2,7-12)6-10-17(14,15)11-8(13)16-3/h10,12H,4-7H2,1-3H3,(H,11,13). The number of ether oxygens (including phenoxy) is 1. The molecule has 0 fully saturated rings. The summed E-state index contributed by atoms with van der Waals surface area (Å²) in [7, 11) is -2.87. The van der Waals surface area contributed by atoms with Crippen LogP contribution in [0.25, 0.3) is 0 Å². The van der Waals surface area contributed by atoms with Crippen molar-refractivity contribution in [3.8, 4) is 0 Å². The molecule has 0 heterocycles. The zero-order valence-electron chi connectivity index (χ0n) is 10.3. The molecule has 3 N–H and O–H groups in total. The van der Waals surface area contributed by atoms with Crippen molar-refractivity contribution < 1.29 is 23.1 Å². The lowest BCUT2D eigenvalue weighted by Crippen LogP contribution is -2.46. The Morgan fingerprint density at radius 2 is 1.88 bits per heavy atom. The zero-order valence-corrected chi connectivity index (χ0v) is 11.1. The molecule has 0 aliphatic rings. The summed E-state index contributed by atoms with van der Waals surface area (Å²) in [6.45, 7) is 3.66. The van der Waals surface area contributed by atoms with Gasteiger partial charge in [-0.25, -0.2) is 9.52 Å². The largest absolute Gasteiger partial charge is 0.452 e. The second-order valence-corrected chi connectivity index (χ2v) is 5.28. The number of hydrogen-bond donors (Lipinski definition) is 3. The molecule has 0 radical (unpaired) electrons. The van der Waals surface area contributed by atoms with Gasteiger partial charge in [0.1, 0.15) is 0 Å². The minimum Gasteiger partial charge on any atom is -0.452 e. The van der Waals surface area contributed by atoms with Crippen LogP contribution in [0.4, 0.5) is 4.79 Å². The van der Waals surface area contributed by atoms with Crippen molar-refractivity contribution in [1.82, 2.24) is 9.44 Å². The minimum atomic E-state index is -3.94. The maximum Gasteiger partial charge on any atom is 0.421 e. The van der Waals surface area contributed by atoms with Gasteiger partial charge in [-0.2, -0.15) is 13.1 Å². The van der Waals surface area contributed by atoms with E-state index < -0.39 is 21.7 Å². The molecule has 0 aliphatic carbocycles. The van der Waals surface area contributed by atoms with E-state index in [4.69, 9.17) is 0 Å². The molecule has 0 atom stereocenters. The van der Waals surface area contributed by atoms with Crippen LogP contribution in [0.5, 0.6) is 0 Å². The highest BCUT2D eigenvalue weighted by Crippen LogP contribution is 2.24. The van der Waals surface area contributed by atoms with Crippen molar-refractivity contribution in [2.75, 3.05) is 20.3 Å². The first-order chi connectivity index (χ1) is 7.84. The number of carbonyl (C=O) groups excluding carboxylic acids is 1. The molecular formula is C9H20N2O5S. The van der Waals surface area contributed by atoms with Gasteiger partial charge in [-0.1, -0.05) is 13.8 Å². The van der Waals surface area contributed by atoms with Gasteiger partial charge in [-0.15, -0.1) is 0 Å². The summed E-state index contributed by atoms with van der Waals surface area (Å²) in [5.74, 6) is 0. The Labute approximate surface area is 102 Å². The third-order valence-electron chi connectivity index (χ3n) is 2.88. The molecule has 1 amide bonds. The van der Waals surface area contributed by atoms with E-state index in [1.807, 2.05) is 13.8 Å². The molecule has 0 aromatic heterocycles.